The van der Waals surface area contributed by atoms with Gasteiger partial charge in [-0.25, -0.2) is 0 Å². The Hall–Kier alpha value is -3.28. The average Bonchev–Trinajstić information content (AvgIpc) is 3.11. The van der Waals surface area contributed by atoms with Crippen molar-refractivity contribution in [2.45, 2.75) is 26.5 Å². The van der Waals surface area contributed by atoms with E-state index in [9.17, 15) is 4.79 Å². The summed E-state index contributed by atoms with van der Waals surface area (Å²) in [6.45, 7) is 6.81. The second kappa shape index (κ2) is 7.20. The fourth-order valence-electron chi connectivity index (χ4n) is 4.56. The fraction of sp³-hybridized carbons (Fsp3) is 0.333. The molecule has 3 heterocycles. The molecule has 6 heteroatoms. The van der Waals surface area contributed by atoms with Crippen molar-refractivity contribution < 1.29 is 9.53 Å². The normalized spacial score (nSPS) is 17.9. The fourth-order valence-corrected chi connectivity index (χ4v) is 4.56. The molecular weight excluding hydrogens is 376 g/mol. The van der Waals surface area contributed by atoms with Crippen molar-refractivity contribution in [3.05, 3.63) is 65.4 Å². The molecule has 5 rings (SSSR count). The number of hydrogen-bond donors (Lipinski definition) is 0. The van der Waals surface area contributed by atoms with E-state index in [0.717, 1.165) is 29.1 Å². The van der Waals surface area contributed by atoms with Crippen LogP contribution in [0.15, 0.2) is 48.5 Å². The third-order valence-corrected chi connectivity index (χ3v) is 6.14. The maximum atomic E-state index is 13.4. The highest BCUT2D eigenvalue weighted by molar-refractivity contribution is 5.96. The molecule has 1 fully saturated rings. The number of anilines is 1. The number of ether oxygens (including phenoxy) is 1. The summed E-state index contributed by atoms with van der Waals surface area (Å²) >= 11 is 0. The molecule has 1 amide bonds. The lowest BCUT2D eigenvalue weighted by atomic mass is 10.0. The molecule has 0 N–H and O–H groups in total. The van der Waals surface area contributed by atoms with Gasteiger partial charge >= 0.3 is 0 Å². The number of aromatic nitrogens is 2. The molecule has 0 spiro atoms. The van der Waals surface area contributed by atoms with Crippen molar-refractivity contribution >= 4 is 11.6 Å². The molecule has 2 aromatic carbocycles. The SMILES string of the molecule is Cc1ccc(N2CCN(C(=O)c3nn(C)c4c3COc3ccccc3-4)C[C@@H]2C)cc1. The molecule has 6 nitrogen and oxygen atoms in total. The van der Waals surface area contributed by atoms with E-state index in [0.29, 0.717) is 25.4 Å². The molecule has 0 saturated carbocycles. The monoisotopic (exact) mass is 402 g/mol. The second-order valence-electron chi connectivity index (χ2n) is 8.21. The van der Waals surface area contributed by atoms with Crippen LogP contribution < -0.4 is 9.64 Å². The molecule has 1 atom stereocenters. The first kappa shape index (κ1) is 18.7. The predicted octanol–water partition coefficient (Wildman–Crippen LogP) is 3.64. The predicted molar refractivity (Wildman–Crippen MR) is 117 cm³/mol. The van der Waals surface area contributed by atoms with Gasteiger partial charge in [0.2, 0.25) is 0 Å². The molecule has 30 heavy (non-hydrogen) atoms. The van der Waals surface area contributed by atoms with Gasteiger partial charge in [-0.1, -0.05) is 29.8 Å². The smallest absolute Gasteiger partial charge is 0.274 e. The van der Waals surface area contributed by atoms with Crippen LogP contribution in [0.25, 0.3) is 11.3 Å². The minimum Gasteiger partial charge on any atom is -0.488 e. The third kappa shape index (κ3) is 3.03. The highest BCUT2D eigenvalue weighted by atomic mass is 16.5. The van der Waals surface area contributed by atoms with E-state index in [1.54, 1.807) is 0 Å². The van der Waals surface area contributed by atoms with Crippen LogP contribution in [0, 0.1) is 6.92 Å². The van der Waals surface area contributed by atoms with Crippen molar-refractivity contribution in [3.63, 3.8) is 0 Å². The maximum absolute atomic E-state index is 13.4. The number of carbonyl (C=O) groups excluding carboxylic acids is 1. The molecule has 0 radical (unpaired) electrons. The summed E-state index contributed by atoms with van der Waals surface area (Å²) in [7, 11) is 1.90. The summed E-state index contributed by atoms with van der Waals surface area (Å²) < 4.78 is 7.73. The van der Waals surface area contributed by atoms with E-state index in [1.807, 2.05) is 40.9 Å². The molecule has 0 unspecified atom stereocenters. The van der Waals surface area contributed by atoms with Crippen LogP contribution in [-0.2, 0) is 13.7 Å². The van der Waals surface area contributed by atoms with Crippen LogP contribution in [0.2, 0.25) is 0 Å². The zero-order chi connectivity index (χ0) is 20.8. The van der Waals surface area contributed by atoms with Gasteiger partial charge in [-0.05, 0) is 38.1 Å². The first-order valence-corrected chi connectivity index (χ1v) is 10.4. The second-order valence-corrected chi connectivity index (χ2v) is 8.21. The van der Waals surface area contributed by atoms with E-state index >= 15 is 0 Å². The Morgan fingerprint density at radius 1 is 1.10 bits per heavy atom. The molecule has 0 bridgehead atoms. The van der Waals surface area contributed by atoms with Gasteiger partial charge in [-0.3, -0.25) is 9.48 Å². The molecule has 1 aromatic heterocycles. The number of amides is 1. The minimum atomic E-state index is -0.00904. The number of para-hydroxylation sites is 1. The van der Waals surface area contributed by atoms with Gasteiger partial charge in [0.15, 0.2) is 5.69 Å². The van der Waals surface area contributed by atoms with Gasteiger partial charge in [0.05, 0.1) is 5.69 Å². The topological polar surface area (TPSA) is 50.6 Å². The number of hydrogen-bond acceptors (Lipinski definition) is 4. The maximum Gasteiger partial charge on any atom is 0.274 e. The third-order valence-electron chi connectivity index (χ3n) is 6.14. The quantitative estimate of drug-likeness (QED) is 0.657. The molecule has 2 aliphatic rings. The van der Waals surface area contributed by atoms with Crippen molar-refractivity contribution in [3.8, 4) is 17.0 Å². The first-order valence-electron chi connectivity index (χ1n) is 10.4. The highest BCUT2D eigenvalue weighted by Crippen LogP contribution is 2.38. The number of nitrogens with zero attached hydrogens (tertiary/aromatic N) is 4. The van der Waals surface area contributed by atoms with Crippen LogP contribution in [0.4, 0.5) is 5.69 Å². The Kier molecular flexibility index (Phi) is 4.50. The summed E-state index contributed by atoms with van der Waals surface area (Å²) in [5.41, 5.74) is 5.83. The molecule has 2 aliphatic heterocycles. The molecule has 1 saturated heterocycles. The standard InChI is InChI=1S/C24H26N4O2/c1-16-8-10-18(11-9-16)28-13-12-27(14-17(28)2)24(29)22-20-15-30-21-7-5-4-6-19(21)23(20)26(3)25-22/h4-11,17H,12-15H2,1-3H3/t17-/m0/s1. The van der Waals surface area contributed by atoms with Gasteiger partial charge < -0.3 is 14.5 Å². The number of aryl methyl sites for hydroxylation is 2. The molecule has 3 aromatic rings. The van der Waals surface area contributed by atoms with Crippen LogP contribution in [-0.4, -0.2) is 46.3 Å². The minimum absolute atomic E-state index is 0.00904. The molecule has 0 aliphatic carbocycles. The van der Waals surface area contributed by atoms with Crippen molar-refractivity contribution in [2.24, 2.45) is 7.05 Å². The summed E-state index contributed by atoms with van der Waals surface area (Å²) in [6.07, 6.45) is 0. The van der Waals surface area contributed by atoms with Crippen LogP contribution >= 0.6 is 0 Å². The van der Waals surface area contributed by atoms with E-state index < -0.39 is 0 Å². The number of carbonyl (C=O) groups is 1. The Labute approximate surface area is 176 Å². The van der Waals surface area contributed by atoms with Crippen LogP contribution in [0.5, 0.6) is 5.75 Å². The Morgan fingerprint density at radius 3 is 2.63 bits per heavy atom. The number of benzene rings is 2. The largest absolute Gasteiger partial charge is 0.488 e. The van der Waals surface area contributed by atoms with E-state index in [-0.39, 0.29) is 11.9 Å². The van der Waals surface area contributed by atoms with Gasteiger partial charge in [-0.15, -0.1) is 0 Å². The first-order chi connectivity index (χ1) is 14.5. The van der Waals surface area contributed by atoms with Crippen molar-refractivity contribution in [2.75, 3.05) is 24.5 Å². The lowest BCUT2D eigenvalue weighted by Gasteiger charge is -2.41. The van der Waals surface area contributed by atoms with Gasteiger partial charge in [0.25, 0.3) is 5.91 Å². The van der Waals surface area contributed by atoms with Gasteiger partial charge in [-0.2, -0.15) is 5.10 Å². The van der Waals surface area contributed by atoms with Crippen LogP contribution in [0.1, 0.15) is 28.5 Å². The Balaban J connectivity index is 1.39. The molecular formula is C24H26N4O2. The van der Waals surface area contributed by atoms with E-state index in [1.165, 1.54) is 11.3 Å². The lowest BCUT2D eigenvalue weighted by Crippen LogP contribution is -2.54. The summed E-state index contributed by atoms with van der Waals surface area (Å²) in [4.78, 5) is 17.7. The molecule has 154 valence electrons. The van der Waals surface area contributed by atoms with E-state index in [4.69, 9.17) is 4.74 Å². The lowest BCUT2D eigenvalue weighted by molar-refractivity contribution is 0.0717. The average molecular weight is 402 g/mol. The summed E-state index contributed by atoms with van der Waals surface area (Å²) in [6, 6.07) is 16.8. The zero-order valence-electron chi connectivity index (χ0n) is 17.6. The number of piperazine rings is 1. The van der Waals surface area contributed by atoms with Crippen molar-refractivity contribution in [1.29, 1.82) is 0 Å². The van der Waals surface area contributed by atoms with Crippen LogP contribution in [0.3, 0.4) is 0 Å². The van der Waals surface area contributed by atoms with Gasteiger partial charge in [0, 0.05) is 49.5 Å². The highest BCUT2D eigenvalue weighted by Gasteiger charge is 2.33. The van der Waals surface area contributed by atoms with Gasteiger partial charge in [0.1, 0.15) is 12.4 Å². The van der Waals surface area contributed by atoms with E-state index in [2.05, 4.69) is 48.1 Å². The summed E-state index contributed by atoms with van der Waals surface area (Å²) in [5.74, 6) is 0.831. The zero-order valence-corrected chi connectivity index (χ0v) is 17.6. The number of rotatable bonds is 2. The Bertz CT molecular complexity index is 1100. The number of fused-ring (bicyclic) bond motifs is 3. The summed E-state index contributed by atoms with van der Waals surface area (Å²) in [5, 5.41) is 4.61. The van der Waals surface area contributed by atoms with Crippen molar-refractivity contribution in [1.82, 2.24) is 14.7 Å². The Morgan fingerprint density at radius 2 is 1.87 bits per heavy atom.